The molecule has 1 fully saturated rings. The van der Waals surface area contributed by atoms with E-state index in [0.29, 0.717) is 18.0 Å². The van der Waals surface area contributed by atoms with Crippen molar-refractivity contribution in [1.29, 1.82) is 0 Å². The van der Waals surface area contributed by atoms with Crippen LogP contribution in [0.5, 0.6) is 0 Å². The first-order valence-electron chi connectivity index (χ1n) is 16.0. The van der Waals surface area contributed by atoms with E-state index in [9.17, 15) is 4.79 Å². The summed E-state index contributed by atoms with van der Waals surface area (Å²) in [6.45, 7) is 3.87. The number of carbonyl (C=O) groups is 1. The van der Waals surface area contributed by atoms with Crippen molar-refractivity contribution >= 4 is 5.91 Å². The lowest BCUT2D eigenvalue weighted by molar-refractivity contribution is 0.0944. The number of amides is 1. The fourth-order valence-corrected chi connectivity index (χ4v) is 6.89. The van der Waals surface area contributed by atoms with E-state index in [1.54, 1.807) is 0 Å². The molecule has 3 heteroatoms. The predicted molar refractivity (Wildman–Crippen MR) is 182 cm³/mol. The van der Waals surface area contributed by atoms with Gasteiger partial charge in [-0.3, -0.25) is 4.79 Å². The molecule has 222 valence electrons. The number of likely N-dealkylation sites (tertiary alicyclic amines) is 1. The van der Waals surface area contributed by atoms with Crippen molar-refractivity contribution in [2.45, 2.75) is 37.0 Å². The normalized spacial score (nSPS) is 14.3. The minimum Gasteiger partial charge on any atom is -0.351 e. The zero-order valence-electron chi connectivity index (χ0n) is 25.4. The summed E-state index contributed by atoms with van der Waals surface area (Å²) >= 11 is 0. The smallest absolute Gasteiger partial charge is 0.251 e. The second kappa shape index (κ2) is 14.3. The monoisotopic (exact) mass is 578 g/mol. The molecule has 5 aromatic carbocycles. The van der Waals surface area contributed by atoms with Crippen molar-refractivity contribution in [2.24, 2.45) is 0 Å². The Balaban J connectivity index is 1.19. The SMILES string of the molecule is O=C(NCC(CCCN1CCC(c2ccccc2)CC1)(c1ccccc1)c1ccccc1)c1cccc(-c2ccccc2)c1. The number of benzene rings is 5. The number of hydrogen-bond acceptors (Lipinski definition) is 2. The van der Waals surface area contributed by atoms with Crippen LogP contribution in [0.25, 0.3) is 11.1 Å². The molecule has 1 aliphatic heterocycles. The quantitative estimate of drug-likeness (QED) is 0.170. The fraction of sp³-hybridized carbons (Fsp3) is 0.244. The third-order valence-corrected chi connectivity index (χ3v) is 9.37. The summed E-state index contributed by atoms with van der Waals surface area (Å²) in [5, 5.41) is 3.38. The van der Waals surface area contributed by atoms with E-state index in [1.165, 1.54) is 29.5 Å². The molecular formula is C41H42N2O. The Morgan fingerprint density at radius 2 is 1.20 bits per heavy atom. The van der Waals surface area contributed by atoms with Gasteiger partial charge in [0.15, 0.2) is 0 Å². The largest absolute Gasteiger partial charge is 0.351 e. The molecular weight excluding hydrogens is 536 g/mol. The van der Waals surface area contributed by atoms with Crippen molar-refractivity contribution in [3.05, 3.63) is 168 Å². The molecule has 1 N–H and O–H groups in total. The van der Waals surface area contributed by atoms with Crippen LogP contribution in [0.2, 0.25) is 0 Å². The van der Waals surface area contributed by atoms with Gasteiger partial charge >= 0.3 is 0 Å². The molecule has 44 heavy (non-hydrogen) atoms. The van der Waals surface area contributed by atoms with Crippen LogP contribution >= 0.6 is 0 Å². The minimum absolute atomic E-state index is 0.0398. The van der Waals surface area contributed by atoms with Gasteiger partial charge in [0.1, 0.15) is 0 Å². The topological polar surface area (TPSA) is 32.3 Å². The Hall–Kier alpha value is -4.47. The first-order valence-corrected chi connectivity index (χ1v) is 16.0. The van der Waals surface area contributed by atoms with Gasteiger partial charge in [-0.15, -0.1) is 0 Å². The molecule has 1 aliphatic rings. The van der Waals surface area contributed by atoms with Gasteiger partial charge in [0.25, 0.3) is 5.91 Å². The maximum Gasteiger partial charge on any atom is 0.251 e. The predicted octanol–water partition coefficient (Wildman–Crippen LogP) is 8.73. The van der Waals surface area contributed by atoms with Crippen LogP contribution in [0, 0.1) is 0 Å². The molecule has 1 heterocycles. The van der Waals surface area contributed by atoms with Crippen LogP contribution in [0.15, 0.2) is 146 Å². The van der Waals surface area contributed by atoms with Crippen LogP contribution in [0.4, 0.5) is 0 Å². The number of hydrogen-bond donors (Lipinski definition) is 1. The molecule has 0 spiro atoms. The summed E-state index contributed by atoms with van der Waals surface area (Å²) in [7, 11) is 0. The number of carbonyl (C=O) groups excluding carboxylic acids is 1. The van der Waals surface area contributed by atoms with E-state index in [-0.39, 0.29) is 11.3 Å². The van der Waals surface area contributed by atoms with Crippen LogP contribution < -0.4 is 5.32 Å². The maximum absolute atomic E-state index is 13.7. The Labute approximate surface area is 262 Å². The molecule has 0 aliphatic carbocycles. The third kappa shape index (κ3) is 7.01. The van der Waals surface area contributed by atoms with Gasteiger partial charge < -0.3 is 10.2 Å². The summed E-state index contributed by atoms with van der Waals surface area (Å²) in [4.78, 5) is 16.3. The molecule has 5 aromatic rings. The van der Waals surface area contributed by atoms with E-state index < -0.39 is 0 Å². The van der Waals surface area contributed by atoms with Crippen molar-refractivity contribution in [3.8, 4) is 11.1 Å². The molecule has 0 aromatic heterocycles. The van der Waals surface area contributed by atoms with E-state index >= 15 is 0 Å². The molecule has 1 saturated heterocycles. The van der Waals surface area contributed by atoms with Crippen molar-refractivity contribution in [3.63, 3.8) is 0 Å². The Morgan fingerprint density at radius 3 is 1.82 bits per heavy atom. The molecule has 0 atom stereocenters. The number of piperidine rings is 1. The second-order valence-corrected chi connectivity index (χ2v) is 12.1. The van der Waals surface area contributed by atoms with Crippen molar-refractivity contribution in [1.82, 2.24) is 10.2 Å². The van der Waals surface area contributed by atoms with Gasteiger partial charge in [-0.2, -0.15) is 0 Å². The van der Waals surface area contributed by atoms with E-state index in [4.69, 9.17) is 0 Å². The highest BCUT2D eigenvalue weighted by Crippen LogP contribution is 2.37. The molecule has 3 nitrogen and oxygen atoms in total. The van der Waals surface area contributed by atoms with E-state index in [0.717, 1.165) is 43.6 Å². The Bertz CT molecular complexity index is 1550. The van der Waals surface area contributed by atoms with Crippen molar-refractivity contribution < 1.29 is 4.79 Å². The first kappa shape index (κ1) is 29.6. The fourth-order valence-electron chi connectivity index (χ4n) is 6.89. The summed E-state index contributed by atoms with van der Waals surface area (Å²) < 4.78 is 0. The standard InChI is InChI=1S/C41H42N2O/c44-40(37-20-13-19-36(31-37)34-17-7-2-8-18-34)42-32-41(38-21-9-3-10-22-38,39-23-11-4-12-24-39)27-14-28-43-29-25-35(26-30-43)33-15-5-1-6-16-33/h1-13,15-24,31,35H,14,25-30,32H2,(H,42,44). The Kier molecular flexibility index (Phi) is 9.64. The molecule has 1 amide bonds. The average molecular weight is 579 g/mol. The van der Waals surface area contributed by atoms with Gasteiger partial charge in [0.2, 0.25) is 0 Å². The molecule has 6 rings (SSSR count). The van der Waals surface area contributed by atoms with Gasteiger partial charge in [0, 0.05) is 17.5 Å². The first-order chi connectivity index (χ1) is 21.7. The molecule has 0 saturated carbocycles. The van der Waals surface area contributed by atoms with Crippen LogP contribution in [0.1, 0.15) is 58.6 Å². The average Bonchev–Trinajstić information content (AvgIpc) is 3.11. The van der Waals surface area contributed by atoms with Crippen LogP contribution in [-0.4, -0.2) is 37.0 Å². The summed E-state index contributed by atoms with van der Waals surface area (Å²) in [6, 6.07) is 50.7. The number of nitrogens with one attached hydrogen (secondary N) is 1. The lowest BCUT2D eigenvalue weighted by atomic mass is 9.71. The van der Waals surface area contributed by atoms with Gasteiger partial charge in [-0.05, 0) is 91.2 Å². The lowest BCUT2D eigenvalue weighted by Gasteiger charge is -2.37. The van der Waals surface area contributed by atoms with Gasteiger partial charge in [-0.1, -0.05) is 133 Å². The lowest BCUT2D eigenvalue weighted by Crippen LogP contribution is -2.42. The molecule has 0 radical (unpaired) electrons. The van der Waals surface area contributed by atoms with E-state index in [2.05, 4.69) is 119 Å². The van der Waals surface area contributed by atoms with Gasteiger partial charge in [-0.25, -0.2) is 0 Å². The van der Waals surface area contributed by atoms with Gasteiger partial charge in [0.05, 0.1) is 0 Å². The van der Waals surface area contributed by atoms with Crippen LogP contribution in [-0.2, 0) is 5.41 Å². The minimum atomic E-state index is -0.336. The van der Waals surface area contributed by atoms with Crippen LogP contribution in [0.3, 0.4) is 0 Å². The molecule has 0 bridgehead atoms. The number of rotatable bonds is 11. The van der Waals surface area contributed by atoms with Crippen molar-refractivity contribution in [2.75, 3.05) is 26.2 Å². The highest BCUT2D eigenvalue weighted by Gasteiger charge is 2.35. The number of nitrogens with zero attached hydrogens (tertiary/aromatic N) is 1. The maximum atomic E-state index is 13.7. The zero-order chi connectivity index (χ0) is 30.0. The molecule has 0 unspecified atom stereocenters. The second-order valence-electron chi connectivity index (χ2n) is 12.1. The van der Waals surface area contributed by atoms with E-state index in [1.807, 2.05) is 36.4 Å². The summed E-state index contributed by atoms with van der Waals surface area (Å²) in [5.74, 6) is 0.623. The summed E-state index contributed by atoms with van der Waals surface area (Å²) in [5.41, 5.74) is 6.47. The highest BCUT2D eigenvalue weighted by atomic mass is 16.1. The Morgan fingerprint density at radius 1 is 0.659 bits per heavy atom. The third-order valence-electron chi connectivity index (χ3n) is 9.37. The summed E-state index contributed by atoms with van der Waals surface area (Å²) in [6.07, 6.45) is 4.43. The highest BCUT2D eigenvalue weighted by molar-refractivity contribution is 5.95. The zero-order valence-corrected chi connectivity index (χ0v) is 25.4.